The summed E-state index contributed by atoms with van der Waals surface area (Å²) in [7, 11) is 0. The van der Waals surface area contributed by atoms with Crippen molar-refractivity contribution in [2.45, 2.75) is 53.1 Å². The van der Waals surface area contributed by atoms with Gasteiger partial charge in [0.05, 0.1) is 5.56 Å². The van der Waals surface area contributed by atoms with Crippen LogP contribution in [0.3, 0.4) is 0 Å². The summed E-state index contributed by atoms with van der Waals surface area (Å²) in [6.45, 7) is 10.0. The van der Waals surface area contributed by atoms with Crippen molar-refractivity contribution in [1.82, 2.24) is 4.90 Å². The van der Waals surface area contributed by atoms with Crippen LogP contribution >= 0.6 is 11.3 Å². The van der Waals surface area contributed by atoms with Crippen molar-refractivity contribution < 1.29 is 27.9 Å². The molecule has 2 rings (SSSR count). The third-order valence-corrected chi connectivity index (χ3v) is 5.65. The Labute approximate surface area is 167 Å². The van der Waals surface area contributed by atoms with E-state index in [1.54, 1.807) is 11.8 Å². The molecule has 1 atom stereocenters. The SMILES string of the molecule is CC.CCN(CCC(C)c1c(C(=O)O)sc2c(C(F)(F)F)cccc12)C(C)=O. The monoisotopic (exact) mass is 417 g/mol. The Morgan fingerprint density at radius 3 is 2.32 bits per heavy atom. The Morgan fingerprint density at radius 1 is 1.25 bits per heavy atom. The van der Waals surface area contributed by atoms with Crippen molar-refractivity contribution in [3.8, 4) is 0 Å². The predicted molar refractivity (Wildman–Crippen MR) is 106 cm³/mol. The average molecular weight is 417 g/mol. The van der Waals surface area contributed by atoms with Gasteiger partial charge in [-0.1, -0.05) is 32.9 Å². The molecular weight excluding hydrogens is 391 g/mol. The van der Waals surface area contributed by atoms with E-state index in [1.807, 2.05) is 20.8 Å². The van der Waals surface area contributed by atoms with Crippen molar-refractivity contribution in [3.63, 3.8) is 0 Å². The Morgan fingerprint density at radius 2 is 1.86 bits per heavy atom. The lowest BCUT2D eigenvalue weighted by Gasteiger charge is -2.21. The number of carbonyl (C=O) groups is 2. The molecule has 1 unspecified atom stereocenters. The van der Waals surface area contributed by atoms with Crippen molar-refractivity contribution in [3.05, 3.63) is 34.2 Å². The van der Waals surface area contributed by atoms with E-state index in [4.69, 9.17) is 0 Å². The highest BCUT2D eigenvalue weighted by molar-refractivity contribution is 7.21. The Bertz CT molecular complexity index is 830. The summed E-state index contributed by atoms with van der Waals surface area (Å²) in [6.07, 6.45) is -4.08. The first-order valence-electron chi connectivity index (χ1n) is 9.19. The molecule has 156 valence electrons. The molecule has 1 aromatic heterocycles. The van der Waals surface area contributed by atoms with Gasteiger partial charge in [-0.3, -0.25) is 4.79 Å². The zero-order valence-electron chi connectivity index (χ0n) is 16.7. The first kappa shape index (κ1) is 23.9. The molecule has 0 fully saturated rings. The van der Waals surface area contributed by atoms with Gasteiger partial charge in [-0.05, 0) is 36.3 Å². The minimum atomic E-state index is -4.55. The van der Waals surface area contributed by atoms with Crippen LogP contribution in [0.15, 0.2) is 18.2 Å². The van der Waals surface area contributed by atoms with Crippen LogP contribution in [0.5, 0.6) is 0 Å². The third kappa shape index (κ3) is 5.25. The number of hydrogen-bond acceptors (Lipinski definition) is 3. The standard InChI is InChI=1S/C18H20F3NO3S.C2H6/c1-4-22(11(3)23)9-8-10(2)14-12-6-5-7-13(18(19,20)21)15(12)26-16(14)17(24)25;1-2/h5-7,10H,4,8-9H2,1-3H3,(H,24,25);1-2H3. The highest BCUT2D eigenvalue weighted by atomic mass is 32.1. The first-order valence-corrected chi connectivity index (χ1v) is 10.0. The van der Waals surface area contributed by atoms with Crippen LogP contribution in [0.1, 0.15) is 67.8 Å². The molecule has 1 heterocycles. The van der Waals surface area contributed by atoms with E-state index in [9.17, 15) is 27.9 Å². The van der Waals surface area contributed by atoms with Crippen LogP contribution in [0.2, 0.25) is 0 Å². The Kier molecular flexibility index (Phi) is 8.48. The second kappa shape index (κ2) is 9.91. The zero-order chi connectivity index (χ0) is 21.6. The number of aromatic carboxylic acids is 1. The summed E-state index contributed by atoms with van der Waals surface area (Å²) < 4.78 is 39.7. The maximum Gasteiger partial charge on any atom is 0.417 e. The van der Waals surface area contributed by atoms with Gasteiger partial charge in [0.1, 0.15) is 4.88 Å². The molecular formula is C20H26F3NO3S. The Hall–Kier alpha value is -2.09. The number of thiophene rings is 1. The highest BCUT2D eigenvalue weighted by Crippen LogP contribution is 2.43. The van der Waals surface area contributed by atoms with E-state index in [0.717, 1.165) is 6.07 Å². The van der Waals surface area contributed by atoms with E-state index >= 15 is 0 Å². The van der Waals surface area contributed by atoms with Crippen LogP contribution in [0.4, 0.5) is 13.2 Å². The van der Waals surface area contributed by atoms with Gasteiger partial charge in [-0.25, -0.2) is 4.79 Å². The molecule has 8 heteroatoms. The largest absolute Gasteiger partial charge is 0.477 e. The zero-order valence-corrected chi connectivity index (χ0v) is 17.5. The molecule has 1 N–H and O–H groups in total. The molecule has 0 saturated carbocycles. The summed E-state index contributed by atoms with van der Waals surface area (Å²) in [5.74, 6) is -1.63. The molecule has 0 aliphatic rings. The lowest BCUT2D eigenvalue weighted by Crippen LogP contribution is -2.30. The maximum absolute atomic E-state index is 13.3. The van der Waals surface area contributed by atoms with Gasteiger partial charge >= 0.3 is 12.1 Å². The summed E-state index contributed by atoms with van der Waals surface area (Å²) in [4.78, 5) is 24.7. The van der Waals surface area contributed by atoms with Gasteiger partial charge in [-0.2, -0.15) is 13.2 Å². The van der Waals surface area contributed by atoms with Crippen LogP contribution < -0.4 is 0 Å². The molecule has 4 nitrogen and oxygen atoms in total. The predicted octanol–water partition coefficient (Wildman–Crippen LogP) is 6.01. The van der Waals surface area contributed by atoms with Crippen molar-refractivity contribution in [2.24, 2.45) is 0 Å². The van der Waals surface area contributed by atoms with Crippen molar-refractivity contribution in [2.75, 3.05) is 13.1 Å². The normalized spacial score (nSPS) is 12.3. The molecule has 1 aromatic carbocycles. The minimum absolute atomic E-state index is 0.0573. The smallest absolute Gasteiger partial charge is 0.417 e. The number of benzene rings is 1. The lowest BCUT2D eigenvalue weighted by atomic mass is 9.93. The minimum Gasteiger partial charge on any atom is -0.477 e. The number of hydrogen-bond donors (Lipinski definition) is 1. The fraction of sp³-hybridized carbons (Fsp3) is 0.500. The molecule has 28 heavy (non-hydrogen) atoms. The van der Waals surface area contributed by atoms with E-state index in [-0.39, 0.29) is 21.4 Å². The molecule has 1 amide bonds. The fourth-order valence-electron chi connectivity index (χ4n) is 3.04. The third-order valence-electron chi connectivity index (χ3n) is 4.41. The number of carboxylic acids is 1. The van der Waals surface area contributed by atoms with Crippen LogP contribution in [-0.2, 0) is 11.0 Å². The van der Waals surface area contributed by atoms with E-state index in [1.165, 1.54) is 19.1 Å². The van der Waals surface area contributed by atoms with E-state index in [2.05, 4.69) is 0 Å². The fourth-order valence-corrected chi connectivity index (χ4v) is 4.34. The van der Waals surface area contributed by atoms with Gasteiger partial charge < -0.3 is 10.0 Å². The molecule has 0 aliphatic heterocycles. The second-order valence-electron chi connectivity index (χ2n) is 6.12. The quantitative estimate of drug-likeness (QED) is 0.626. The lowest BCUT2D eigenvalue weighted by molar-refractivity contribution is -0.136. The van der Waals surface area contributed by atoms with Gasteiger partial charge in [0, 0.05) is 24.7 Å². The van der Waals surface area contributed by atoms with E-state index in [0.29, 0.717) is 41.8 Å². The van der Waals surface area contributed by atoms with Crippen molar-refractivity contribution in [1.29, 1.82) is 0 Å². The summed E-state index contributed by atoms with van der Waals surface area (Å²) in [5, 5.41) is 9.81. The average Bonchev–Trinajstić information content (AvgIpc) is 3.02. The molecule has 0 spiro atoms. The summed E-state index contributed by atoms with van der Waals surface area (Å²) >= 11 is 0.660. The summed E-state index contributed by atoms with van der Waals surface area (Å²) in [5.41, 5.74) is -0.414. The van der Waals surface area contributed by atoms with Crippen molar-refractivity contribution >= 4 is 33.3 Å². The number of carboxylic acid groups (broad SMARTS) is 1. The van der Waals surface area contributed by atoms with Crippen LogP contribution in [-0.4, -0.2) is 35.0 Å². The van der Waals surface area contributed by atoms with Gasteiger partial charge in [-0.15, -0.1) is 11.3 Å². The number of carbonyl (C=O) groups excluding carboxylic acids is 1. The maximum atomic E-state index is 13.3. The molecule has 0 radical (unpaired) electrons. The number of amides is 1. The molecule has 0 saturated heterocycles. The van der Waals surface area contributed by atoms with Gasteiger partial charge in [0.25, 0.3) is 0 Å². The molecule has 0 bridgehead atoms. The Balaban J connectivity index is 0.00000190. The number of rotatable bonds is 6. The summed E-state index contributed by atoms with van der Waals surface area (Å²) in [6, 6.07) is 3.79. The number of nitrogens with zero attached hydrogens (tertiary/aromatic N) is 1. The molecule has 2 aromatic rings. The van der Waals surface area contributed by atoms with Gasteiger partial charge in [0.2, 0.25) is 5.91 Å². The van der Waals surface area contributed by atoms with Crippen LogP contribution in [0.25, 0.3) is 10.1 Å². The highest BCUT2D eigenvalue weighted by Gasteiger charge is 2.35. The van der Waals surface area contributed by atoms with Crippen LogP contribution in [0, 0.1) is 0 Å². The van der Waals surface area contributed by atoms with Gasteiger partial charge in [0.15, 0.2) is 0 Å². The number of alkyl halides is 3. The second-order valence-corrected chi connectivity index (χ2v) is 7.14. The number of halogens is 3. The number of fused-ring (bicyclic) bond motifs is 1. The molecule has 0 aliphatic carbocycles. The first-order chi connectivity index (χ1) is 13.1. The van der Waals surface area contributed by atoms with E-state index < -0.39 is 17.7 Å². The topological polar surface area (TPSA) is 57.6 Å².